The highest BCUT2D eigenvalue weighted by atomic mass is 16.1. The Morgan fingerprint density at radius 1 is 1.44 bits per heavy atom. The first-order chi connectivity index (χ1) is 7.65. The van der Waals surface area contributed by atoms with Crippen LogP contribution in [0.25, 0.3) is 0 Å². The monoisotopic (exact) mass is 219 g/mol. The molecule has 1 heterocycles. The number of carbonyl (C=O) groups excluding carboxylic acids is 1. The molecule has 0 aliphatic carbocycles. The molecule has 1 rings (SSSR count). The van der Waals surface area contributed by atoms with E-state index in [-0.39, 0.29) is 5.78 Å². The third-order valence-corrected chi connectivity index (χ3v) is 2.72. The van der Waals surface area contributed by atoms with E-state index in [1.54, 1.807) is 6.20 Å². The lowest BCUT2D eigenvalue weighted by Crippen LogP contribution is -2.06. The van der Waals surface area contributed by atoms with Crippen LogP contribution in [0.4, 0.5) is 0 Å². The molecule has 1 aromatic rings. The van der Waals surface area contributed by atoms with Crippen LogP contribution in [0.5, 0.6) is 0 Å². The molecule has 0 bridgehead atoms. The number of aromatic nitrogens is 1. The summed E-state index contributed by atoms with van der Waals surface area (Å²) < 4.78 is 0. The SMILES string of the molecule is CCc1cccnc1C(=O)CCCC(C)C. The van der Waals surface area contributed by atoms with Gasteiger partial charge in [-0.15, -0.1) is 0 Å². The number of rotatable bonds is 6. The second-order valence-electron chi connectivity index (χ2n) is 4.57. The molecule has 2 nitrogen and oxygen atoms in total. The first kappa shape index (κ1) is 12.9. The second kappa shape index (κ2) is 6.41. The molecule has 0 radical (unpaired) electrons. The zero-order valence-electron chi connectivity index (χ0n) is 10.5. The summed E-state index contributed by atoms with van der Waals surface area (Å²) in [6.07, 6.45) is 5.28. The molecule has 16 heavy (non-hydrogen) atoms. The van der Waals surface area contributed by atoms with Crippen molar-refractivity contribution in [2.45, 2.75) is 46.5 Å². The number of ketones is 1. The van der Waals surface area contributed by atoms with Crippen LogP contribution in [-0.2, 0) is 6.42 Å². The Morgan fingerprint density at radius 2 is 2.19 bits per heavy atom. The third kappa shape index (κ3) is 3.76. The Kier molecular flexibility index (Phi) is 5.17. The number of carbonyl (C=O) groups is 1. The summed E-state index contributed by atoms with van der Waals surface area (Å²) in [6, 6.07) is 3.88. The van der Waals surface area contributed by atoms with Gasteiger partial charge in [0.05, 0.1) is 0 Å². The van der Waals surface area contributed by atoms with E-state index in [9.17, 15) is 4.79 Å². The number of aryl methyl sites for hydroxylation is 1. The topological polar surface area (TPSA) is 30.0 Å². The maximum Gasteiger partial charge on any atom is 0.181 e. The fraction of sp³-hybridized carbons (Fsp3) is 0.571. The lowest BCUT2D eigenvalue weighted by atomic mass is 10.0. The lowest BCUT2D eigenvalue weighted by Gasteiger charge is -2.06. The van der Waals surface area contributed by atoms with E-state index >= 15 is 0 Å². The number of Topliss-reactive ketones (excluding diaryl/α,β-unsaturated/α-hetero) is 1. The van der Waals surface area contributed by atoms with Crippen molar-refractivity contribution in [3.8, 4) is 0 Å². The van der Waals surface area contributed by atoms with Gasteiger partial charge >= 0.3 is 0 Å². The van der Waals surface area contributed by atoms with E-state index in [2.05, 4.69) is 25.8 Å². The van der Waals surface area contributed by atoms with Gasteiger partial charge in [0.25, 0.3) is 0 Å². The van der Waals surface area contributed by atoms with Crippen molar-refractivity contribution in [3.05, 3.63) is 29.6 Å². The Balaban J connectivity index is 2.59. The molecular weight excluding hydrogens is 198 g/mol. The zero-order chi connectivity index (χ0) is 12.0. The van der Waals surface area contributed by atoms with Crippen LogP contribution in [-0.4, -0.2) is 10.8 Å². The van der Waals surface area contributed by atoms with Crippen LogP contribution in [0.2, 0.25) is 0 Å². The second-order valence-corrected chi connectivity index (χ2v) is 4.57. The van der Waals surface area contributed by atoms with Crippen molar-refractivity contribution in [3.63, 3.8) is 0 Å². The fourth-order valence-electron chi connectivity index (χ4n) is 1.76. The van der Waals surface area contributed by atoms with Gasteiger partial charge in [-0.3, -0.25) is 9.78 Å². The lowest BCUT2D eigenvalue weighted by molar-refractivity contribution is 0.0972. The van der Waals surface area contributed by atoms with Crippen LogP contribution in [0, 0.1) is 5.92 Å². The molecule has 0 aliphatic heterocycles. The van der Waals surface area contributed by atoms with Crippen LogP contribution in [0.1, 0.15) is 56.1 Å². The van der Waals surface area contributed by atoms with Crippen molar-refractivity contribution in [1.29, 1.82) is 0 Å². The zero-order valence-corrected chi connectivity index (χ0v) is 10.5. The minimum atomic E-state index is 0.193. The summed E-state index contributed by atoms with van der Waals surface area (Å²) in [5.41, 5.74) is 1.74. The average Bonchev–Trinajstić information content (AvgIpc) is 2.28. The van der Waals surface area contributed by atoms with E-state index in [1.165, 1.54) is 0 Å². The minimum Gasteiger partial charge on any atom is -0.292 e. The van der Waals surface area contributed by atoms with Gasteiger partial charge in [0.2, 0.25) is 0 Å². The Labute approximate surface area is 98.1 Å². The van der Waals surface area contributed by atoms with Crippen LogP contribution in [0.15, 0.2) is 18.3 Å². The Morgan fingerprint density at radius 3 is 2.81 bits per heavy atom. The highest BCUT2D eigenvalue weighted by Crippen LogP contribution is 2.13. The van der Waals surface area contributed by atoms with E-state index < -0.39 is 0 Å². The molecule has 0 aliphatic rings. The van der Waals surface area contributed by atoms with Crippen LogP contribution in [0.3, 0.4) is 0 Å². The molecule has 0 saturated heterocycles. The molecule has 0 atom stereocenters. The van der Waals surface area contributed by atoms with E-state index in [0.29, 0.717) is 18.0 Å². The molecule has 0 unspecified atom stereocenters. The largest absolute Gasteiger partial charge is 0.292 e. The molecule has 2 heteroatoms. The molecule has 0 amide bonds. The van der Waals surface area contributed by atoms with E-state index in [4.69, 9.17) is 0 Å². The van der Waals surface area contributed by atoms with Crippen molar-refractivity contribution in [1.82, 2.24) is 4.98 Å². The summed E-state index contributed by atoms with van der Waals surface area (Å²) in [6.45, 7) is 6.42. The van der Waals surface area contributed by atoms with Gasteiger partial charge in [0.15, 0.2) is 5.78 Å². The van der Waals surface area contributed by atoms with Crippen molar-refractivity contribution in [2.24, 2.45) is 5.92 Å². The number of hydrogen-bond acceptors (Lipinski definition) is 2. The van der Waals surface area contributed by atoms with Crippen molar-refractivity contribution >= 4 is 5.78 Å². The summed E-state index contributed by atoms with van der Waals surface area (Å²) in [5.74, 6) is 0.861. The number of nitrogens with zero attached hydrogens (tertiary/aromatic N) is 1. The highest BCUT2D eigenvalue weighted by Gasteiger charge is 2.11. The molecule has 1 aromatic heterocycles. The van der Waals surface area contributed by atoms with Crippen LogP contribution >= 0.6 is 0 Å². The van der Waals surface area contributed by atoms with Gasteiger partial charge in [0.1, 0.15) is 5.69 Å². The van der Waals surface area contributed by atoms with Gasteiger partial charge in [-0.2, -0.15) is 0 Å². The normalized spacial score (nSPS) is 10.8. The highest BCUT2D eigenvalue weighted by molar-refractivity contribution is 5.95. The van der Waals surface area contributed by atoms with E-state index in [1.807, 2.05) is 12.1 Å². The van der Waals surface area contributed by atoms with Crippen molar-refractivity contribution < 1.29 is 4.79 Å². The standard InChI is InChI=1S/C14H21NO/c1-4-12-8-6-10-15-14(12)13(16)9-5-7-11(2)3/h6,8,10-11H,4-5,7,9H2,1-3H3. The molecule has 88 valence electrons. The minimum absolute atomic E-state index is 0.193. The predicted octanol–water partition coefficient (Wildman–Crippen LogP) is 3.65. The van der Waals surface area contributed by atoms with Crippen LogP contribution < -0.4 is 0 Å². The predicted molar refractivity (Wildman–Crippen MR) is 66.6 cm³/mol. The number of hydrogen-bond donors (Lipinski definition) is 0. The molecule has 0 spiro atoms. The summed E-state index contributed by atoms with van der Waals surface area (Å²) in [5, 5.41) is 0. The molecule has 0 fully saturated rings. The molecule has 0 saturated carbocycles. The summed E-state index contributed by atoms with van der Waals surface area (Å²) in [7, 11) is 0. The van der Waals surface area contributed by atoms with Gasteiger partial charge < -0.3 is 0 Å². The van der Waals surface area contributed by atoms with Gasteiger partial charge in [-0.05, 0) is 30.4 Å². The first-order valence-electron chi connectivity index (χ1n) is 6.12. The smallest absolute Gasteiger partial charge is 0.181 e. The maximum absolute atomic E-state index is 11.9. The quantitative estimate of drug-likeness (QED) is 0.683. The fourth-order valence-corrected chi connectivity index (χ4v) is 1.76. The summed E-state index contributed by atoms with van der Waals surface area (Å²) in [4.78, 5) is 16.1. The maximum atomic E-state index is 11.9. The van der Waals surface area contributed by atoms with Gasteiger partial charge in [-0.25, -0.2) is 0 Å². The Hall–Kier alpha value is -1.18. The Bertz CT molecular complexity index is 344. The molecule has 0 aromatic carbocycles. The first-order valence-corrected chi connectivity index (χ1v) is 6.12. The van der Waals surface area contributed by atoms with Gasteiger partial charge in [-0.1, -0.05) is 33.3 Å². The summed E-state index contributed by atoms with van der Waals surface area (Å²) >= 11 is 0. The van der Waals surface area contributed by atoms with Crippen molar-refractivity contribution in [2.75, 3.05) is 0 Å². The number of pyridine rings is 1. The molecular formula is C14H21NO. The molecule has 0 N–H and O–H groups in total. The van der Waals surface area contributed by atoms with E-state index in [0.717, 1.165) is 24.8 Å². The third-order valence-electron chi connectivity index (χ3n) is 2.72. The van der Waals surface area contributed by atoms with Gasteiger partial charge in [0, 0.05) is 12.6 Å². The average molecular weight is 219 g/mol.